The van der Waals surface area contributed by atoms with Crippen LogP contribution in [0.2, 0.25) is 5.02 Å². The molecule has 0 atom stereocenters. The average Bonchev–Trinajstić information content (AvgIpc) is 2.90. The second kappa shape index (κ2) is 8.47. The number of amides is 1. The molecule has 1 fully saturated rings. The molecule has 0 saturated carbocycles. The summed E-state index contributed by atoms with van der Waals surface area (Å²) in [6.07, 6.45) is 3.21. The largest absolute Gasteiger partial charge is 0.507 e. The fourth-order valence-electron chi connectivity index (χ4n) is 2.30. The maximum absolute atomic E-state index is 12.4. The molecule has 1 N–H and O–H groups in total. The molecule has 136 valence electrons. The quantitative estimate of drug-likeness (QED) is 0.288. The molecule has 0 spiro atoms. The number of thioether (sulfide) groups is 1. The molecule has 1 aliphatic rings. The van der Waals surface area contributed by atoms with Crippen molar-refractivity contribution >= 4 is 63.3 Å². The lowest BCUT2D eigenvalue weighted by Gasteiger charge is -2.10. The Bertz CT molecular complexity index is 989. The number of carbonyl (C=O) groups is 1. The van der Waals surface area contributed by atoms with Crippen molar-refractivity contribution in [1.82, 2.24) is 4.90 Å². The van der Waals surface area contributed by atoms with Crippen LogP contribution >= 0.6 is 35.6 Å². The molecule has 1 heterocycles. The summed E-state index contributed by atoms with van der Waals surface area (Å²) in [4.78, 5) is 14.3. The van der Waals surface area contributed by atoms with Crippen molar-refractivity contribution in [2.75, 3.05) is 6.54 Å². The first-order valence-corrected chi connectivity index (χ1v) is 9.45. The van der Waals surface area contributed by atoms with Crippen molar-refractivity contribution in [2.24, 2.45) is 10.2 Å². The average molecular weight is 416 g/mol. The van der Waals surface area contributed by atoms with Crippen LogP contribution in [0.15, 0.2) is 70.3 Å². The Kier molecular flexibility index (Phi) is 6.05. The molecule has 1 aliphatic heterocycles. The molecule has 8 heteroatoms. The van der Waals surface area contributed by atoms with E-state index in [0.29, 0.717) is 37.7 Å². The zero-order chi connectivity index (χ0) is 19.4. The molecule has 2 aromatic rings. The smallest absolute Gasteiger partial charge is 0.266 e. The first-order valence-electron chi connectivity index (χ1n) is 7.84. The van der Waals surface area contributed by atoms with Crippen LogP contribution in [0.4, 0.5) is 11.4 Å². The number of phenolic OH excluding ortho intramolecular Hbond substituents is 1. The molecule has 0 aliphatic carbocycles. The highest BCUT2D eigenvalue weighted by molar-refractivity contribution is 8.26. The Morgan fingerprint density at radius 1 is 1.22 bits per heavy atom. The van der Waals surface area contributed by atoms with E-state index in [4.69, 9.17) is 23.8 Å². The van der Waals surface area contributed by atoms with Crippen LogP contribution in [-0.2, 0) is 4.79 Å². The molecule has 27 heavy (non-hydrogen) atoms. The van der Waals surface area contributed by atoms with Gasteiger partial charge in [-0.25, -0.2) is 0 Å². The van der Waals surface area contributed by atoms with E-state index in [1.807, 2.05) is 0 Å². The number of hydrogen-bond donors (Lipinski definition) is 1. The topological polar surface area (TPSA) is 65.3 Å². The van der Waals surface area contributed by atoms with Crippen molar-refractivity contribution in [3.63, 3.8) is 0 Å². The molecule has 1 saturated heterocycles. The number of azo groups is 1. The number of halogens is 1. The Labute approximate surface area is 171 Å². The summed E-state index contributed by atoms with van der Waals surface area (Å²) < 4.78 is 0.461. The van der Waals surface area contributed by atoms with E-state index in [-0.39, 0.29) is 11.7 Å². The number of hydrogen-bond acceptors (Lipinski definition) is 6. The molecule has 5 nitrogen and oxygen atoms in total. The summed E-state index contributed by atoms with van der Waals surface area (Å²) in [5.41, 5.74) is 1.60. The van der Waals surface area contributed by atoms with Crippen molar-refractivity contribution in [3.8, 4) is 5.75 Å². The summed E-state index contributed by atoms with van der Waals surface area (Å²) in [6.45, 7) is 3.97. The summed E-state index contributed by atoms with van der Waals surface area (Å²) in [6, 6.07) is 11.8. The van der Waals surface area contributed by atoms with Crippen LogP contribution in [0.5, 0.6) is 5.75 Å². The number of benzene rings is 2. The number of rotatable bonds is 5. The molecular formula is C19H14ClN3O2S2. The Balaban J connectivity index is 1.87. The highest BCUT2D eigenvalue weighted by atomic mass is 35.5. The van der Waals surface area contributed by atoms with Gasteiger partial charge in [-0.2, -0.15) is 10.2 Å². The van der Waals surface area contributed by atoms with Crippen LogP contribution in [0, 0.1) is 0 Å². The van der Waals surface area contributed by atoms with Crippen LogP contribution in [0.1, 0.15) is 5.56 Å². The maximum Gasteiger partial charge on any atom is 0.266 e. The van der Waals surface area contributed by atoms with Crippen LogP contribution in [0.25, 0.3) is 6.08 Å². The second-order valence-electron chi connectivity index (χ2n) is 5.50. The standard InChI is InChI=1S/C19H14ClN3O2S2/c1-2-8-23-18(25)17(27-19(23)26)10-12-9-15(6-7-16(12)24)22-21-14-5-3-4-13(20)11-14/h2-7,9-11,24H,1,8H2/b17-10-,22-21?. The van der Waals surface area contributed by atoms with Gasteiger partial charge in [0, 0.05) is 17.1 Å². The molecule has 0 radical (unpaired) electrons. The highest BCUT2D eigenvalue weighted by Crippen LogP contribution is 2.35. The first-order chi connectivity index (χ1) is 13.0. The zero-order valence-electron chi connectivity index (χ0n) is 14.0. The van der Waals surface area contributed by atoms with Gasteiger partial charge in [-0.15, -0.1) is 6.58 Å². The summed E-state index contributed by atoms with van der Waals surface area (Å²) in [5, 5.41) is 19.0. The van der Waals surface area contributed by atoms with Crippen molar-refractivity contribution < 1.29 is 9.90 Å². The fourth-order valence-corrected chi connectivity index (χ4v) is 3.75. The van der Waals surface area contributed by atoms with Gasteiger partial charge in [0.15, 0.2) is 0 Å². The normalized spacial score (nSPS) is 15.9. The maximum atomic E-state index is 12.4. The van der Waals surface area contributed by atoms with E-state index in [1.54, 1.807) is 48.6 Å². The third-order valence-corrected chi connectivity index (χ3v) is 5.18. The van der Waals surface area contributed by atoms with Crippen LogP contribution in [-0.4, -0.2) is 26.8 Å². The van der Waals surface area contributed by atoms with Crippen molar-refractivity contribution in [2.45, 2.75) is 0 Å². The van der Waals surface area contributed by atoms with Gasteiger partial charge in [0.1, 0.15) is 10.1 Å². The van der Waals surface area contributed by atoms with Gasteiger partial charge < -0.3 is 5.11 Å². The third-order valence-electron chi connectivity index (χ3n) is 3.57. The SMILES string of the molecule is C=CCN1C(=O)/C(=C/c2cc(N=Nc3cccc(Cl)c3)ccc2O)SC1=S. The molecular weight excluding hydrogens is 402 g/mol. The van der Waals surface area contributed by atoms with Gasteiger partial charge in [0.2, 0.25) is 0 Å². The molecule has 0 aromatic heterocycles. The molecule has 0 bridgehead atoms. The molecule has 1 amide bonds. The summed E-state index contributed by atoms with van der Waals surface area (Å²) in [5.74, 6) is -0.180. The molecule has 2 aromatic carbocycles. The van der Waals surface area contributed by atoms with Gasteiger partial charge in [0.05, 0.1) is 16.3 Å². The van der Waals surface area contributed by atoms with Crippen molar-refractivity contribution in [1.29, 1.82) is 0 Å². The minimum Gasteiger partial charge on any atom is -0.507 e. The van der Waals surface area contributed by atoms with Gasteiger partial charge in [0.25, 0.3) is 5.91 Å². The Morgan fingerprint density at radius 2 is 1.96 bits per heavy atom. The number of aromatic hydroxyl groups is 1. The molecule has 0 unspecified atom stereocenters. The van der Waals surface area contributed by atoms with Crippen LogP contribution < -0.4 is 0 Å². The predicted molar refractivity (Wildman–Crippen MR) is 114 cm³/mol. The van der Waals surface area contributed by atoms with Gasteiger partial charge in [-0.05, 0) is 42.5 Å². The van der Waals surface area contributed by atoms with E-state index in [2.05, 4.69) is 16.8 Å². The summed E-state index contributed by atoms with van der Waals surface area (Å²) >= 11 is 12.3. The highest BCUT2D eigenvalue weighted by Gasteiger charge is 2.31. The number of phenols is 1. The minimum absolute atomic E-state index is 0.0331. The minimum atomic E-state index is -0.213. The van der Waals surface area contributed by atoms with E-state index in [1.165, 1.54) is 22.7 Å². The van der Waals surface area contributed by atoms with E-state index < -0.39 is 0 Å². The number of nitrogens with zero attached hydrogens (tertiary/aromatic N) is 3. The predicted octanol–water partition coefficient (Wildman–Crippen LogP) is 5.85. The Hall–Kier alpha value is -2.48. The Morgan fingerprint density at radius 3 is 2.67 bits per heavy atom. The van der Waals surface area contributed by atoms with Gasteiger partial charge in [-0.1, -0.05) is 47.7 Å². The van der Waals surface area contributed by atoms with E-state index >= 15 is 0 Å². The van der Waals surface area contributed by atoms with E-state index in [0.717, 1.165) is 0 Å². The van der Waals surface area contributed by atoms with E-state index in [9.17, 15) is 9.90 Å². The lowest BCUT2D eigenvalue weighted by atomic mass is 10.1. The van der Waals surface area contributed by atoms with Gasteiger partial charge in [-0.3, -0.25) is 9.69 Å². The fraction of sp³-hybridized carbons (Fsp3) is 0.0526. The zero-order valence-corrected chi connectivity index (χ0v) is 16.4. The summed E-state index contributed by atoms with van der Waals surface area (Å²) in [7, 11) is 0. The molecule has 3 rings (SSSR count). The van der Waals surface area contributed by atoms with Crippen molar-refractivity contribution in [3.05, 3.63) is 70.6 Å². The first kappa shape index (κ1) is 19.3. The lowest BCUT2D eigenvalue weighted by molar-refractivity contribution is -0.121. The number of carbonyl (C=O) groups excluding carboxylic acids is 1. The monoisotopic (exact) mass is 415 g/mol. The van der Waals surface area contributed by atoms with Gasteiger partial charge >= 0.3 is 0 Å². The second-order valence-corrected chi connectivity index (χ2v) is 7.62. The third kappa shape index (κ3) is 4.63. The van der Waals surface area contributed by atoms with Crippen LogP contribution in [0.3, 0.4) is 0 Å². The number of thiocarbonyl (C=S) groups is 1. The lowest BCUT2D eigenvalue weighted by Crippen LogP contribution is -2.27.